The first-order valence-corrected chi connectivity index (χ1v) is 7.14. The number of methoxy groups -OCH3 is 1. The van der Waals surface area contributed by atoms with Gasteiger partial charge in [0.15, 0.2) is 0 Å². The van der Waals surface area contributed by atoms with E-state index in [1.165, 1.54) is 7.11 Å². The number of nitriles is 1. The number of rotatable bonds is 5. The lowest BCUT2D eigenvalue weighted by Gasteiger charge is -2.18. The molecule has 7 heteroatoms. The lowest BCUT2D eigenvalue weighted by molar-refractivity contribution is -0.123. The number of carbonyl (C=O) groups excluding carboxylic acids is 2. The van der Waals surface area contributed by atoms with Crippen LogP contribution in [0.1, 0.15) is 12.5 Å². The van der Waals surface area contributed by atoms with E-state index in [-0.39, 0.29) is 6.42 Å². The van der Waals surface area contributed by atoms with Crippen LogP contribution in [0.15, 0.2) is 30.5 Å². The molecule has 2 atom stereocenters. The van der Waals surface area contributed by atoms with E-state index in [1.54, 1.807) is 13.1 Å². The van der Waals surface area contributed by atoms with Gasteiger partial charge in [-0.2, -0.15) is 5.26 Å². The summed E-state index contributed by atoms with van der Waals surface area (Å²) in [5.74, 6) is -0.435. The Labute approximate surface area is 133 Å². The van der Waals surface area contributed by atoms with Gasteiger partial charge in [0, 0.05) is 23.5 Å². The van der Waals surface area contributed by atoms with Gasteiger partial charge in [0.1, 0.15) is 12.1 Å². The smallest absolute Gasteiger partial charge is 0.407 e. The molecule has 2 unspecified atom stereocenters. The van der Waals surface area contributed by atoms with Gasteiger partial charge in [-0.1, -0.05) is 18.2 Å². The highest BCUT2D eigenvalue weighted by Gasteiger charge is 2.24. The average Bonchev–Trinajstić information content (AvgIpc) is 2.97. The number of nitrogens with zero attached hydrogens (tertiary/aromatic N) is 1. The first-order chi connectivity index (χ1) is 11.0. The van der Waals surface area contributed by atoms with Crippen molar-refractivity contribution in [3.05, 3.63) is 36.0 Å². The number of hydrogen-bond acceptors (Lipinski definition) is 4. The zero-order valence-electron chi connectivity index (χ0n) is 12.9. The molecule has 7 nitrogen and oxygen atoms in total. The maximum absolute atomic E-state index is 12.3. The molecule has 1 aromatic carbocycles. The minimum atomic E-state index is -0.836. The van der Waals surface area contributed by atoms with Crippen LogP contribution in [0.2, 0.25) is 0 Å². The van der Waals surface area contributed by atoms with Gasteiger partial charge in [0.25, 0.3) is 0 Å². The summed E-state index contributed by atoms with van der Waals surface area (Å²) in [6.45, 7) is 1.57. The Morgan fingerprint density at radius 2 is 2.09 bits per heavy atom. The molecule has 0 bridgehead atoms. The van der Waals surface area contributed by atoms with Gasteiger partial charge in [0.2, 0.25) is 5.91 Å². The van der Waals surface area contributed by atoms with Crippen molar-refractivity contribution in [2.75, 3.05) is 7.11 Å². The quantitative estimate of drug-likeness (QED) is 0.776. The van der Waals surface area contributed by atoms with E-state index in [0.29, 0.717) is 0 Å². The van der Waals surface area contributed by atoms with Crippen molar-refractivity contribution >= 4 is 22.9 Å². The maximum atomic E-state index is 12.3. The minimum absolute atomic E-state index is 0.281. The molecular formula is C16H18N4O3. The second kappa shape index (κ2) is 7.31. The summed E-state index contributed by atoms with van der Waals surface area (Å²) in [5, 5.41) is 14.8. The second-order valence-corrected chi connectivity index (χ2v) is 5.11. The fourth-order valence-electron chi connectivity index (χ4n) is 2.28. The monoisotopic (exact) mass is 314 g/mol. The van der Waals surface area contributed by atoms with Crippen LogP contribution in [0, 0.1) is 11.3 Å². The summed E-state index contributed by atoms with van der Waals surface area (Å²) in [6.07, 6.45) is 1.38. The van der Waals surface area contributed by atoms with Crippen molar-refractivity contribution in [2.45, 2.75) is 25.4 Å². The number of carbonyl (C=O) groups is 2. The average molecular weight is 314 g/mol. The number of alkyl carbamates (subject to hydrolysis) is 1. The first-order valence-electron chi connectivity index (χ1n) is 7.14. The molecule has 0 spiro atoms. The fourth-order valence-corrected chi connectivity index (χ4v) is 2.28. The van der Waals surface area contributed by atoms with Crippen molar-refractivity contribution in [3.8, 4) is 6.07 Å². The molecule has 23 heavy (non-hydrogen) atoms. The number of aromatic nitrogens is 1. The highest BCUT2D eigenvalue weighted by atomic mass is 16.5. The number of nitrogens with one attached hydrogen (secondary N) is 3. The number of fused-ring (bicyclic) bond motifs is 1. The minimum Gasteiger partial charge on any atom is -0.453 e. The Morgan fingerprint density at radius 3 is 2.78 bits per heavy atom. The Hall–Kier alpha value is -3.01. The van der Waals surface area contributed by atoms with Gasteiger partial charge >= 0.3 is 6.09 Å². The van der Waals surface area contributed by atoms with Gasteiger partial charge in [-0.15, -0.1) is 0 Å². The van der Waals surface area contributed by atoms with Crippen molar-refractivity contribution in [3.63, 3.8) is 0 Å². The molecule has 120 valence electrons. The Bertz CT molecular complexity index is 747. The molecule has 0 radical (unpaired) electrons. The number of para-hydroxylation sites is 1. The van der Waals surface area contributed by atoms with E-state index >= 15 is 0 Å². The van der Waals surface area contributed by atoms with Gasteiger partial charge in [-0.3, -0.25) is 4.79 Å². The van der Waals surface area contributed by atoms with Crippen LogP contribution in [0.3, 0.4) is 0 Å². The molecule has 2 amide bonds. The van der Waals surface area contributed by atoms with Gasteiger partial charge in [0.05, 0.1) is 13.2 Å². The highest BCUT2D eigenvalue weighted by molar-refractivity contribution is 5.88. The molecule has 1 aromatic heterocycles. The number of hydrogen-bond donors (Lipinski definition) is 3. The van der Waals surface area contributed by atoms with Crippen LogP contribution in [-0.4, -0.2) is 36.2 Å². The van der Waals surface area contributed by atoms with E-state index in [1.807, 2.05) is 30.3 Å². The number of aromatic amines is 1. The Balaban J connectivity index is 2.21. The van der Waals surface area contributed by atoms with Gasteiger partial charge in [-0.25, -0.2) is 4.79 Å². The maximum Gasteiger partial charge on any atom is 0.407 e. The lowest BCUT2D eigenvalue weighted by Crippen LogP contribution is -2.49. The third kappa shape index (κ3) is 4.01. The predicted octanol–water partition coefficient (Wildman–Crippen LogP) is 1.46. The Morgan fingerprint density at radius 1 is 1.35 bits per heavy atom. The van der Waals surface area contributed by atoms with Crippen molar-refractivity contribution < 1.29 is 14.3 Å². The Kier molecular flexibility index (Phi) is 5.20. The zero-order valence-corrected chi connectivity index (χ0v) is 12.9. The fraction of sp³-hybridized carbons (Fsp3) is 0.312. The molecule has 0 aliphatic carbocycles. The second-order valence-electron chi connectivity index (χ2n) is 5.11. The number of amides is 2. The number of ether oxygens (including phenoxy) is 1. The molecule has 0 saturated heterocycles. The molecule has 0 aliphatic rings. The van der Waals surface area contributed by atoms with Crippen LogP contribution in [-0.2, 0) is 16.0 Å². The summed E-state index contributed by atoms with van der Waals surface area (Å²) in [6, 6.07) is 8.12. The lowest BCUT2D eigenvalue weighted by atomic mass is 10.0. The van der Waals surface area contributed by atoms with Crippen molar-refractivity contribution in [1.82, 2.24) is 15.6 Å². The van der Waals surface area contributed by atoms with E-state index in [0.717, 1.165) is 16.5 Å². The van der Waals surface area contributed by atoms with E-state index in [9.17, 15) is 9.59 Å². The van der Waals surface area contributed by atoms with Crippen LogP contribution >= 0.6 is 0 Å². The summed E-state index contributed by atoms with van der Waals surface area (Å²) >= 11 is 0. The molecule has 1 heterocycles. The number of H-pyrrole nitrogens is 1. The first kappa shape index (κ1) is 16.4. The molecule has 3 N–H and O–H groups in total. The van der Waals surface area contributed by atoms with Crippen LogP contribution in [0.5, 0.6) is 0 Å². The van der Waals surface area contributed by atoms with Gasteiger partial charge in [-0.05, 0) is 18.6 Å². The van der Waals surface area contributed by atoms with Crippen LogP contribution in [0.25, 0.3) is 10.9 Å². The summed E-state index contributed by atoms with van der Waals surface area (Å²) < 4.78 is 4.57. The van der Waals surface area contributed by atoms with Crippen molar-refractivity contribution in [1.29, 1.82) is 5.26 Å². The predicted molar refractivity (Wildman–Crippen MR) is 84.5 cm³/mol. The van der Waals surface area contributed by atoms with Crippen molar-refractivity contribution in [2.24, 2.45) is 0 Å². The summed E-state index contributed by atoms with van der Waals surface area (Å²) in [4.78, 5) is 26.9. The largest absolute Gasteiger partial charge is 0.453 e. The van der Waals surface area contributed by atoms with Crippen LogP contribution in [0.4, 0.5) is 4.79 Å². The number of benzene rings is 1. The molecule has 0 saturated carbocycles. The molecule has 0 fully saturated rings. The van der Waals surface area contributed by atoms with E-state index < -0.39 is 24.1 Å². The topological polar surface area (TPSA) is 107 Å². The summed E-state index contributed by atoms with van der Waals surface area (Å²) in [7, 11) is 1.23. The standard InChI is InChI=1S/C16H18N4O3/c1-10(8-17)19-15(21)14(20-16(22)23-2)7-11-9-18-13-6-4-3-5-12(11)13/h3-6,9-10,14,18H,7H2,1-2H3,(H,19,21)(H,20,22). The molecular weight excluding hydrogens is 296 g/mol. The third-order valence-corrected chi connectivity index (χ3v) is 3.45. The normalized spacial score (nSPS) is 12.9. The van der Waals surface area contributed by atoms with E-state index in [2.05, 4.69) is 20.4 Å². The molecule has 2 aromatic rings. The van der Waals surface area contributed by atoms with Crippen LogP contribution < -0.4 is 10.6 Å². The van der Waals surface area contributed by atoms with E-state index in [4.69, 9.17) is 5.26 Å². The molecule has 2 rings (SSSR count). The zero-order chi connectivity index (χ0) is 16.8. The molecule has 0 aliphatic heterocycles. The van der Waals surface area contributed by atoms with Gasteiger partial charge < -0.3 is 20.4 Å². The SMILES string of the molecule is COC(=O)NC(Cc1c[nH]c2ccccc12)C(=O)NC(C)C#N. The third-order valence-electron chi connectivity index (χ3n) is 3.45. The summed E-state index contributed by atoms with van der Waals surface area (Å²) in [5.41, 5.74) is 1.84. The highest BCUT2D eigenvalue weighted by Crippen LogP contribution is 2.19.